The van der Waals surface area contributed by atoms with E-state index < -0.39 is 0 Å². The van der Waals surface area contributed by atoms with E-state index in [0.29, 0.717) is 18.5 Å². The van der Waals surface area contributed by atoms with Crippen LogP contribution in [-0.2, 0) is 4.74 Å². The summed E-state index contributed by atoms with van der Waals surface area (Å²) in [6.45, 7) is 3.92. The van der Waals surface area contributed by atoms with Gasteiger partial charge in [0.15, 0.2) is 0 Å². The van der Waals surface area contributed by atoms with Crippen molar-refractivity contribution in [3.63, 3.8) is 0 Å². The molecule has 2 unspecified atom stereocenters. The minimum absolute atomic E-state index is 0.348. The molecule has 1 heterocycles. The van der Waals surface area contributed by atoms with Crippen molar-refractivity contribution < 1.29 is 9.53 Å². The van der Waals surface area contributed by atoms with Crippen molar-refractivity contribution in [2.45, 2.75) is 25.8 Å². The molecule has 76 valence electrons. The summed E-state index contributed by atoms with van der Waals surface area (Å²) in [5.41, 5.74) is 0. The van der Waals surface area contributed by atoms with E-state index in [1.54, 1.807) is 0 Å². The van der Waals surface area contributed by atoms with Gasteiger partial charge in [-0.2, -0.15) is 0 Å². The number of carbonyl (C=O) groups excluding carboxylic acids is 1. The van der Waals surface area contributed by atoms with Gasteiger partial charge in [-0.25, -0.2) is 4.79 Å². The van der Waals surface area contributed by atoms with E-state index in [1.807, 2.05) is 0 Å². The highest BCUT2D eigenvalue weighted by molar-refractivity contribution is 5.66. The highest BCUT2D eigenvalue weighted by Gasteiger charge is 2.20. The van der Waals surface area contributed by atoms with Gasteiger partial charge in [-0.3, -0.25) is 0 Å². The van der Waals surface area contributed by atoms with Crippen LogP contribution in [-0.4, -0.2) is 32.3 Å². The molecule has 1 saturated heterocycles. The summed E-state index contributed by atoms with van der Waals surface area (Å²) in [6.07, 6.45) is 2.12. The number of nitrogens with one attached hydrogen (secondary N) is 2. The predicted molar refractivity (Wildman–Crippen MR) is 50.6 cm³/mol. The van der Waals surface area contributed by atoms with E-state index in [0.717, 1.165) is 6.54 Å². The molecule has 1 aliphatic rings. The monoisotopic (exact) mass is 186 g/mol. The summed E-state index contributed by atoms with van der Waals surface area (Å²) in [5, 5.41) is 6.09. The number of hydrogen-bond acceptors (Lipinski definition) is 3. The van der Waals surface area contributed by atoms with Crippen LogP contribution >= 0.6 is 0 Å². The lowest BCUT2D eigenvalue weighted by atomic mass is 9.93. The van der Waals surface area contributed by atoms with Crippen LogP contribution < -0.4 is 10.6 Å². The Morgan fingerprint density at radius 1 is 1.69 bits per heavy atom. The summed E-state index contributed by atoms with van der Waals surface area (Å²) in [4.78, 5) is 10.8. The minimum Gasteiger partial charge on any atom is -0.453 e. The number of amides is 1. The quantitative estimate of drug-likeness (QED) is 0.668. The SMILES string of the molecule is COC(=O)NCC1NCCCC1C. The highest BCUT2D eigenvalue weighted by atomic mass is 16.5. The highest BCUT2D eigenvalue weighted by Crippen LogP contribution is 2.14. The molecule has 0 saturated carbocycles. The first-order valence-electron chi connectivity index (χ1n) is 4.79. The second-order valence-corrected chi connectivity index (χ2v) is 3.55. The van der Waals surface area contributed by atoms with Crippen LogP contribution in [0.3, 0.4) is 0 Å². The number of methoxy groups -OCH3 is 1. The molecule has 13 heavy (non-hydrogen) atoms. The molecule has 4 nitrogen and oxygen atoms in total. The van der Waals surface area contributed by atoms with Crippen LogP contribution in [0.1, 0.15) is 19.8 Å². The zero-order valence-corrected chi connectivity index (χ0v) is 8.30. The number of alkyl carbamates (subject to hydrolysis) is 1. The molecule has 1 amide bonds. The molecule has 0 aromatic carbocycles. The van der Waals surface area contributed by atoms with Crippen molar-refractivity contribution in [3.8, 4) is 0 Å². The van der Waals surface area contributed by atoms with E-state index in [2.05, 4.69) is 22.3 Å². The van der Waals surface area contributed by atoms with Crippen LogP contribution in [0.4, 0.5) is 4.79 Å². The molecular formula is C9H18N2O2. The molecule has 1 fully saturated rings. The predicted octanol–water partition coefficient (Wildman–Crippen LogP) is 0.730. The summed E-state index contributed by atoms with van der Waals surface area (Å²) < 4.78 is 4.50. The summed E-state index contributed by atoms with van der Waals surface area (Å²) >= 11 is 0. The average Bonchev–Trinajstić information content (AvgIpc) is 2.16. The molecule has 0 bridgehead atoms. The standard InChI is InChI=1S/C9H18N2O2/c1-7-4-3-5-10-8(7)6-11-9(12)13-2/h7-8,10H,3-6H2,1-2H3,(H,11,12). The average molecular weight is 186 g/mol. The lowest BCUT2D eigenvalue weighted by molar-refractivity contribution is 0.167. The Bertz CT molecular complexity index is 173. The Morgan fingerprint density at radius 2 is 2.46 bits per heavy atom. The zero-order chi connectivity index (χ0) is 9.68. The largest absolute Gasteiger partial charge is 0.453 e. The van der Waals surface area contributed by atoms with Crippen LogP contribution in [0.25, 0.3) is 0 Å². The van der Waals surface area contributed by atoms with Gasteiger partial charge < -0.3 is 15.4 Å². The third-order valence-corrected chi connectivity index (χ3v) is 2.58. The molecule has 1 aliphatic heterocycles. The third kappa shape index (κ3) is 3.22. The Morgan fingerprint density at radius 3 is 3.08 bits per heavy atom. The summed E-state index contributed by atoms with van der Waals surface area (Å²) in [7, 11) is 1.38. The van der Waals surface area contributed by atoms with E-state index >= 15 is 0 Å². The maximum absolute atomic E-state index is 10.8. The fourth-order valence-electron chi connectivity index (χ4n) is 1.65. The first kappa shape index (κ1) is 10.3. The van der Waals surface area contributed by atoms with Crippen molar-refractivity contribution in [1.82, 2.24) is 10.6 Å². The van der Waals surface area contributed by atoms with E-state index in [1.165, 1.54) is 20.0 Å². The Hall–Kier alpha value is -0.770. The molecule has 2 N–H and O–H groups in total. The molecule has 1 rings (SSSR count). The first-order chi connectivity index (χ1) is 6.24. The molecule has 2 atom stereocenters. The molecule has 0 aromatic heterocycles. The second-order valence-electron chi connectivity index (χ2n) is 3.55. The lowest BCUT2D eigenvalue weighted by Crippen LogP contribution is -2.47. The number of carbonyl (C=O) groups is 1. The topological polar surface area (TPSA) is 50.4 Å². The van der Waals surface area contributed by atoms with Crippen LogP contribution in [0.5, 0.6) is 0 Å². The maximum atomic E-state index is 10.8. The van der Waals surface area contributed by atoms with Crippen molar-refractivity contribution in [2.75, 3.05) is 20.2 Å². The van der Waals surface area contributed by atoms with Gasteiger partial charge in [0.1, 0.15) is 0 Å². The molecule has 0 aromatic rings. The number of rotatable bonds is 2. The van der Waals surface area contributed by atoms with Gasteiger partial charge in [-0.15, -0.1) is 0 Å². The number of piperidine rings is 1. The normalized spacial score (nSPS) is 28.2. The first-order valence-corrected chi connectivity index (χ1v) is 4.79. The summed E-state index contributed by atoms with van der Waals surface area (Å²) in [5.74, 6) is 0.630. The molecular weight excluding hydrogens is 168 g/mol. The molecule has 4 heteroatoms. The molecule has 0 spiro atoms. The van der Waals surface area contributed by atoms with E-state index in [4.69, 9.17) is 0 Å². The molecule has 0 aliphatic carbocycles. The second kappa shape index (κ2) is 5.07. The maximum Gasteiger partial charge on any atom is 0.406 e. The van der Waals surface area contributed by atoms with Crippen LogP contribution in [0.2, 0.25) is 0 Å². The number of ether oxygens (including phenoxy) is 1. The van der Waals surface area contributed by atoms with Gasteiger partial charge in [0, 0.05) is 12.6 Å². The van der Waals surface area contributed by atoms with Crippen molar-refractivity contribution >= 4 is 6.09 Å². The number of hydrogen-bond donors (Lipinski definition) is 2. The Kier molecular flexibility index (Phi) is 4.02. The van der Waals surface area contributed by atoms with Crippen molar-refractivity contribution in [2.24, 2.45) is 5.92 Å². The smallest absolute Gasteiger partial charge is 0.406 e. The van der Waals surface area contributed by atoms with Gasteiger partial charge >= 0.3 is 6.09 Å². The van der Waals surface area contributed by atoms with Crippen molar-refractivity contribution in [1.29, 1.82) is 0 Å². The van der Waals surface area contributed by atoms with Gasteiger partial charge in [0.05, 0.1) is 7.11 Å². The third-order valence-electron chi connectivity index (χ3n) is 2.58. The van der Waals surface area contributed by atoms with Gasteiger partial charge in [0.2, 0.25) is 0 Å². The summed E-state index contributed by atoms with van der Waals surface area (Å²) in [6, 6.07) is 0.396. The Balaban J connectivity index is 2.22. The van der Waals surface area contributed by atoms with E-state index in [-0.39, 0.29) is 6.09 Å². The Labute approximate surface area is 79.0 Å². The van der Waals surface area contributed by atoms with Crippen LogP contribution in [0.15, 0.2) is 0 Å². The lowest BCUT2D eigenvalue weighted by Gasteiger charge is -2.29. The van der Waals surface area contributed by atoms with Gasteiger partial charge in [0.25, 0.3) is 0 Å². The van der Waals surface area contributed by atoms with Gasteiger partial charge in [-0.1, -0.05) is 6.92 Å². The fraction of sp³-hybridized carbons (Fsp3) is 0.889. The van der Waals surface area contributed by atoms with Crippen LogP contribution in [0, 0.1) is 5.92 Å². The van der Waals surface area contributed by atoms with Crippen molar-refractivity contribution in [3.05, 3.63) is 0 Å². The van der Waals surface area contributed by atoms with E-state index in [9.17, 15) is 4.79 Å². The zero-order valence-electron chi connectivity index (χ0n) is 8.30. The van der Waals surface area contributed by atoms with Gasteiger partial charge in [-0.05, 0) is 25.3 Å². The molecule has 0 radical (unpaired) electrons. The fourth-order valence-corrected chi connectivity index (χ4v) is 1.65. The minimum atomic E-state index is -0.348.